The molecule has 0 spiro atoms. The molecular weight excluding hydrogens is 357 g/mol. The lowest BCUT2D eigenvalue weighted by Gasteiger charge is -2.14. The fourth-order valence-corrected chi connectivity index (χ4v) is 1.87. The van der Waals surface area contributed by atoms with Crippen LogP contribution in [0.15, 0.2) is 12.1 Å². The molecule has 1 aromatic carbocycles. The fraction of sp³-hybridized carbons (Fsp3) is 0.222. The molecule has 94 valence electrons. The van der Waals surface area contributed by atoms with E-state index in [2.05, 4.69) is 4.84 Å². The zero-order valence-electron chi connectivity index (χ0n) is 8.36. The van der Waals surface area contributed by atoms with Crippen LogP contribution < -0.4 is 5.48 Å². The number of rotatable bonds is 2. The summed E-state index contributed by atoms with van der Waals surface area (Å²) in [5.41, 5.74) is -0.270. The molecule has 3 nitrogen and oxygen atoms in total. The van der Waals surface area contributed by atoms with Gasteiger partial charge in [0.25, 0.3) is 5.91 Å². The molecule has 0 saturated heterocycles. The van der Waals surface area contributed by atoms with E-state index in [-0.39, 0.29) is 0 Å². The van der Waals surface area contributed by atoms with Crippen molar-refractivity contribution in [2.24, 2.45) is 0 Å². The molecule has 0 unspecified atom stereocenters. The van der Waals surface area contributed by atoms with E-state index < -0.39 is 32.6 Å². The average molecular weight is 363 g/mol. The number of amides is 1. The molecule has 0 atom stereocenters. The van der Waals surface area contributed by atoms with Crippen molar-refractivity contribution in [3.8, 4) is 0 Å². The normalized spacial score (nSPS) is 11.4. The molecular formula is C9H6F4INO2. The number of hydroxylamine groups is 1. The summed E-state index contributed by atoms with van der Waals surface area (Å²) in [5, 5.41) is 0. The molecule has 1 aromatic rings. The Balaban J connectivity index is 3.42. The molecule has 0 saturated carbocycles. The first-order valence-electron chi connectivity index (χ1n) is 4.17. The highest BCUT2D eigenvalue weighted by Crippen LogP contribution is 2.34. The van der Waals surface area contributed by atoms with Crippen molar-refractivity contribution >= 4 is 28.5 Å². The third-order valence-corrected chi connectivity index (χ3v) is 2.88. The summed E-state index contributed by atoms with van der Waals surface area (Å²) in [6, 6.07) is 1.18. The lowest BCUT2D eigenvalue weighted by atomic mass is 10.1. The molecule has 0 aliphatic rings. The van der Waals surface area contributed by atoms with Gasteiger partial charge in [0.15, 0.2) is 0 Å². The zero-order chi connectivity index (χ0) is 13.2. The number of carbonyl (C=O) groups excluding carboxylic acids is 1. The van der Waals surface area contributed by atoms with Gasteiger partial charge in [-0.2, -0.15) is 13.2 Å². The lowest BCUT2D eigenvalue weighted by Crippen LogP contribution is -2.26. The Morgan fingerprint density at radius 1 is 1.41 bits per heavy atom. The summed E-state index contributed by atoms with van der Waals surface area (Å²) in [4.78, 5) is 15.6. The molecule has 0 aromatic heterocycles. The monoisotopic (exact) mass is 363 g/mol. The Morgan fingerprint density at radius 2 is 2.00 bits per heavy atom. The van der Waals surface area contributed by atoms with Crippen molar-refractivity contribution < 1.29 is 27.2 Å². The van der Waals surface area contributed by atoms with Gasteiger partial charge in [0.05, 0.1) is 21.8 Å². The minimum atomic E-state index is -4.74. The van der Waals surface area contributed by atoms with Gasteiger partial charge in [0, 0.05) is 0 Å². The third kappa shape index (κ3) is 3.06. The first kappa shape index (κ1) is 14.2. The van der Waals surface area contributed by atoms with Gasteiger partial charge in [-0.1, -0.05) is 0 Å². The van der Waals surface area contributed by atoms with E-state index in [1.807, 2.05) is 0 Å². The van der Waals surface area contributed by atoms with E-state index in [0.29, 0.717) is 12.1 Å². The molecule has 17 heavy (non-hydrogen) atoms. The summed E-state index contributed by atoms with van der Waals surface area (Å²) in [5.74, 6) is -2.05. The van der Waals surface area contributed by atoms with E-state index in [0.717, 1.165) is 7.11 Å². The number of halogens is 5. The maximum Gasteiger partial charge on any atom is 0.417 e. The van der Waals surface area contributed by atoms with Crippen LogP contribution in [0.4, 0.5) is 17.6 Å². The van der Waals surface area contributed by atoms with Crippen molar-refractivity contribution in [3.05, 3.63) is 32.6 Å². The minimum absolute atomic E-state index is 0.410. The smallest absolute Gasteiger partial charge is 0.277 e. The highest BCUT2D eigenvalue weighted by Gasteiger charge is 2.37. The van der Waals surface area contributed by atoms with Crippen LogP contribution in [0.5, 0.6) is 0 Å². The fourth-order valence-electron chi connectivity index (χ4n) is 1.15. The van der Waals surface area contributed by atoms with Crippen LogP contribution in [0.25, 0.3) is 0 Å². The van der Waals surface area contributed by atoms with E-state index >= 15 is 0 Å². The number of carbonyl (C=O) groups is 1. The maximum absolute atomic E-state index is 13.2. The molecule has 0 fully saturated rings. The third-order valence-electron chi connectivity index (χ3n) is 1.82. The van der Waals surface area contributed by atoms with Crippen molar-refractivity contribution in [1.29, 1.82) is 0 Å². The molecule has 0 bridgehead atoms. The molecule has 1 N–H and O–H groups in total. The van der Waals surface area contributed by atoms with E-state index in [4.69, 9.17) is 0 Å². The molecule has 8 heteroatoms. The lowest BCUT2D eigenvalue weighted by molar-refractivity contribution is -0.138. The Labute approximate surface area is 107 Å². The topological polar surface area (TPSA) is 38.3 Å². The van der Waals surface area contributed by atoms with Crippen LogP contribution in [0, 0.1) is 9.39 Å². The summed E-state index contributed by atoms with van der Waals surface area (Å²) in [6.07, 6.45) is -4.74. The van der Waals surface area contributed by atoms with Gasteiger partial charge in [-0.3, -0.25) is 9.63 Å². The summed E-state index contributed by atoms with van der Waals surface area (Å²) in [7, 11) is 1.07. The maximum atomic E-state index is 13.2. The molecule has 0 aliphatic carbocycles. The van der Waals surface area contributed by atoms with Crippen LogP contribution in [-0.2, 0) is 11.0 Å². The van der Waals surface area contributed by atoms with Crippen molar-refractivity contribution in [3.63, 3.8) is 0 Å². The highest BCUT2D eigenvalue weighted by molar-refractivity contribution is 14.1. The van der Waals surface area contributed by atoms with Crippen molar-refractivity contribution in [2.45, 2.75) is 6.18 Å². The SMILES string of the molecule is CONC(=O)c1c(C(F)(F)F)ccc(F)c1I. The van der Waals surface area contributed by atoms with Gasteiger partial charge >= 0.3 is 6.18 Å². The average Bonchev–Trinajstić information content (AvgIpc) is 2.20. The summed E-state index contributed by atoms with van der Waals surface area (Å²) < 4.78 is 50.6. The predicted octanol–water partition coefficient (Wildman–Crippen LogP) is 2.74. The second-order valence-electron chi connectivity index (χ2n) is 2.92. The van der Waals surface area contributed by atoms with Crippen LogP contribution in [0.3, 0.4) is 0 Å². The van der Waals surface area contributed by atoms with Gasteiger partial charge in [-0.05, 0) is 34.7 Å². The predicted molar refractivity (Wildman–Crippen MR) is 58.6 cm³/mol. The van der Waals surface area contributed by atoms with Gasteiger partial charge in [0.1, 0.15) is 5.82 Å². The van der Waals surface area contributed by atoms with Crippen molar-refractivity contribution in [2.75, 3.05) is 7.11 Å². The van der Waals surface area contributed by atoms with Gasteiger partial charge < -0.3 is 0 Å². The summed E-state index contributed by atoms with van der Waals surface area (Å²) >= 11 is 1.33. The number of hydrogen-bond donors (Lipinski definition) is 1. The Morgan fingerprint density at radius 3 is 2.47 bits per heavy atom. The van der Waals surface area contributed by atoms with Crippen LogP contribution >= 0.6 is 22.6 Å². The van der Waals surface area contributed by atoms with Gasteiger partial charge in [-0.25, -0.2) is 9.87 Å². The second kappa shape index (κ2) is 5.17. The summed E-state index contributed by atoms with van der Waals surface area (Å²) in [6.45, 7) is 0. The quantitative estimate of drug-likeness (QED) is 0.499. The van der Waals surface area contributed by atoms with E-state index in [9.17, 15) is 22.4 Å². The Hall–Kier alpha value is -0.900. The highest BCUT2D eigenvalue weighted by atomic mass is 127. The van der Waals surface area contributed by atoms with Crippen LogP contribution in [0.1, 0.15) is 15.9 Å². The molecule has 0 heterocycles. The van der Waals surface area contributed by atoms with Crippen LogP contribution in [0.2, 0.25) is 0 Å². The standard InChI is InChI=1S/C9H6F4INO2/c1-17-15-8(16)6-4(9(11,12)13)2-3-5(10)7(6)14/h2-3H,1H3,(H,15,16). The number of hydrogen-bond acceptors (Lipinski definition) is 2. The van der Waals surface area contributed by atoms with Gasteiger partial charge in [-0.15, -0.1) is 0 Å². The van der Waals surface area contributed by atoms with E-state index in [1.54, 1.807) is 5.48 Å². The molecule has 1 amide bonds. The largest absolute Gasteiger partial charge is 0.417 e. The van der Waals surface area contributed by atoms with Crippen molar-refractivity contribution in [1.82, 2.24) is 5.48 Å². The minimum Gasteiger partial charge on any atom is -0.277 e. The first-order chi connectivity index (χ1) is 7.79. The molecule has 1 rings (SSSR count). The molecule has 0 aliphatic heterocycles. The number of alkyl halides is 3. The molecule has 0 radical (unpaired) electrons. The zero-order valence-corrected chi connectivity index (χ0v) is 10.5. The number of benzene rings is 1. The van der Waals surface area contributed by atoms with Crippen LogP contribution in [-0.4, -0.2) is 13.0 Å². The van der Waals surface area contributed by atoms with Gasteiger partial charge in [0.2, 0.25) is 0 Å². The second-order valence-corrected chi connectivity index (χ2v) is 4.00. The Kier molecular flexibility index (Phi) is 4.31. The number of nitrogens with one attached hydrogen (secondary N) is 1. The first-order valence-corrected chi connectivity index (χ1v) is 5.25. The van der Waals surface area contributed by atoms with E-state index in [1.165, 1.54) is 22.6 Å². The Bertz CT molecular complexity index is 447.